The number of halogens is 4. The van der Waals surface area contributed by atoms with E-state index in [0.717, 1.165) is 29.2 Å². The molecule has 1 aliphatic rings. The summed E-state index contributed by atoms with van der Waals surface area (Å²) >= 11 is 0. The maximum atomic E-state index is 12.9. The van der Waals surface area contributed by atoms with Gasteiger partial charge in [-0.1, -0.05) is 0 Å². The molecule has 3 rings (SSSR count). The summed E-state index contributed by atoms with van der Waals surface area (Å²) in [6.07, 6.45) is -6.58. The Bertz CT molecular complexity index is 1100. The van der Waals surface area contributed by atoms with Crippen molar-refractivity contribution in [3.05, 3.63) is 59.4 Å². The van der Waals surface area contributed by atoms with Gasteiger partial charge in [0.05, 0.1) is 23.4 Å². The third-order valence-corrected chi connectivity index (χ3v) is 4.83. The number of amides is 2. The lowest BCUT2D eigenvalue weighted by Crippen LogP contribution is -2.47. The van der Waals surface area contributed by atoms with Crippen molar-refractivity contribution in [2.45, 2.75) is 32.0 Å². The van der Waals surface area contributed by atoms with E-state index in [9.17, 15) is 36.7 Å². The summed E-state index contributed by atoms with van der Waals surface area (Å²) in [5.74, 6) is -3.32. The van der Waals surface area contributed by atoms with Gasteiger partial charge in [0.15, 0.2) is 11.9 Å². The number of nitrogens with zero attached hydrogens (tertiary/aromatic N) is 1. The Kier molecular flexibility index (Phi) is 6.80. The molecular formula is C22H18F4N2O5. The molecule has 2 amide bonds. The van der Waals surface area contributed by atoms with Crippen LogP contribution in [0.15, 0.2) is 42.5 Å². The molecule has 0 spiro atoms. The Morgan fingerprint density at radius 2 is 1.76 bits per heavy atom. The number of nitrogens with one attached hydrogen (secondary N) is 1. The minimum atomic E-state index is -4.64. The summed E-state index contributed by atoms with van der Waals surface area (Å²) < 4.78 is 56.8. The lowest BCUT2D eigenvalue weighted by molar-refractivity contribution is -0.153. The van der Waals surface area contributed by atoms with Crippen LogP contribution in [-0.2, 0) is 25.3 Å². The smallest absolute Gasteiger partial charge is 0.416 e. The minimum Gasteiger partial charge on any atom is -0.453 e. The number of hydrogen-bond acceptors (Lipinski definition) is 5. The maximum absolute atomic E-state index is 12.9. The number of hydrogen-bond donors (Lipinski definition) is 1. The van der Waals surface area contributed by atoms with E-state index in [0.29, 0.717) is 6.07 Å². The molecule has 1 aliphatic heterocycles. The second-order valence-electron chi connectivity index (χ2n) is 7.26. The van der Waals surface area contributed by atoms with Crippen LogP contribution in [0.4, 0.5) is 28.9 Å². The predicted octanol–water partition coefficient (Wildman–Crippen LogP) is 3.72. The number of benzene rings is 2. The van der Waals surface area contributed by atoms with E-state index in [1.165, 1.54) is 19.1 Å². The second kappa shape index (κ2) is 9.39. The van der Waals surface area contributed by atoms with E-state index >= 15 is 0 Å². The average molecular weight is 466 g/mol. The zero-order valence-corrected chi connectivity index (χ0v) is 17.2. The molecule has 2 aromatic carbocycles. The quantitative estimate of drug-likeness (QED) is 0.398. The van der Waals surface area contributed by atoms with Crippen LogP contribution in [0.1, 0.15) is 35.7 Å². The number of carbonyl (C=O) groups is 4. The second-order valence-corrected chi connectivity index (χ2v) is 7.26. The zero-order chi connectivity index (χ0) is 24.3. The molecule has 174 valence electrons. The average Bonchev–Trinajstić information content (AvgIpc) is 2.75. The monoisotopic (exact) mass is 466 g/mol. The summed E-state index contributed by atoms with van der Waals surface area (Å²) in [7, 11) is 0. The highest BCUT2D eigenvalue weighted by molar-refractivity contribution is 6.11. The van der Waals surface area contributed by atoms with E-state index in [4.69, 9.17) is 4.74 Å². The Balaban J connectivity index is 1.63. The van der Waals surface area contributed by atoms with Crippen LogP contribution in [0.3, 0.4) is 0 Å². The number of anilines is 2. The highest BCUT2D eigenvalue weighted by atomic mass is 19.4. The summed E-state index contributed by atoms with van der Waals surface area (Å²) in [5.41, 5.74) is -0.955. The molecular weight excluding hydrogens is 448 g/mol. The predicted molar refractivity (Wildman–Crippen MR) is 108 cm³/mol. The van der Waals surface area contributed by atoms with Gasteiger partial charge >= 0.3 is 12.1 Å². The standard InChI is InChI=1S/C22H18F4N2O5/c1-12(33-20(31)9-8-18(29)13-2-5-15(23)6-3-13)21(32)28-11-19(30)27-16-10-14(22(24,25)26)4-7-17(16)28/h2-7,10,12H,8-9,11H2,1H3,(H,27,30). The van der Waals surface area contributed by atoms with Crippen molar-refractivity contribution in [3.8, 4) is 0 Å². The lowest BCUT2D eigenvalue weighted by Gasteiger charge is -2.31. The van der Waals surface area contributed by atoms with Crippen LogP contribution in [0.2, 0.25) is 0 Å². The molecule has 1 unspecified atom stereocenters. The number of ether oxygens (including phenoxy) is 1. The van der Waals surface area contributed by atoms with Crippen molar-refractivity contribution >= 4 is 34.9 Å². The molecule has 11 heteroatoms. The summed E-state index contributed by atoms with van der Waals surface area (Å²) in [4.78, 5) is 49.8. The van der Waals surface area contributed by atoms with Crippen LogP contribution in [0.25, 0.3) is 0 Å². The van der Waals surface area contributed by atoms with E-state index < -0.39 is 53.8 Å². The molecule has 1 atom stereocenters. The van der Waals surface area contributed by atoms with Gasteiger partial charge in [0.1, 0.15) is 12.4 Å². The van der Waals surface area contributed by atoms with Crippen molar-refractivity contribution in [2.24, 2.45) is 0 Å². The topological polar surface area (TPSA) is 92.8 Å². The van der Waals surface area contributed by atoms with Crippen molar-refractivity contribution in [1.82, 2.24) is 0 Å². The lowest BCUT2D eigenvalue weighted by atomic mass is 10.1. The first-order valence-electron chi connectivity index (χ1n) is 9.76. The summed E-state index contributed by atoms with van der Waals surface area (Å²) in [6.45, 7) is 0.778. The van der Waals surface area contributed by atoms with E-state index in [-0.39, 0.29) is 29.8 Å². The molecule has 0 radical (unpaired) electrons. The number of Topliss-reactive ketones (excluding diaryl/α,β-unsaturated/α-hetero) is 1. The van der Waals surface area contributed by atoms with E-state index in [2.05, 4.69) is 5.32 Å². The number of alkyl halides is 3. The summed E-state index contributed by atoms with van der Waals surface area (Å²) in [6, 6.07) is 7.30. The van der Waals surface area contributed by atoms with Gasteiger partial charge in [-0.25, -0.2) is 4.39 Å². The first-order valence-corrected chi connectivity index (χ1v) is 9.76. The number of ketones is 1. The Morgan fingerprint density at radius 1 is 1.09 bits per heavy atom. The molecule has 1 heterocycles. The van der Waals surface area contributed by atoms with E-state index in [1.807, 2.05) is 0 Å². The fraction of sp³-hybridized carbons (Fsp3) is 0.273. The van der Waals surface area contributed by atoms with E-state index in [1.54, 1.807) is 0 Å². The van der Waals surface area contributed by atoms with Crippen LogP contribution in [0, 0.1) is 5.82 Å². The van der Waals surface area contributed by atoms with Crippen molar-refractivity contribution < 1.29 is 41.5 Å². The molecule has 0 fully saturated rings. The normalized spacial score (nSPS) is 14.2. The van der Waals surface area contributed by atoms with Crippen molar-refractivity contribution in [1.29, 1.82) is 0 Å². The highest BCUT2D eigenvalue weighted by Crippen LogP contribution is 2.37. The van der Waals surface area contributed by atoms with Gasteiger partial charge in [-0.2, -0.15) is 13.2 Å². The third-order valence-electron chi connectivity index (χ3n) is 4.83. The van der Waals surface area contributed by atoms with Crippen LogP contribution < -0.4 is 10.2 Å². The number of rotatable bonds is 6. The summed E-state index contributed by atoms with van der Waals surface area (Å²) in [5, 5.41) is 2.29. The van der Waals surface area contributed by atoms with Gasteiger partial charge in [0, 0.05) is 12.0 Å². The SMILES string of the molecule is CC(OC(=O)CCC(=O)c1ccc(F)cc1)C(=O)N1CC(=O)Nc2cc(C(F)(F)F)ccc21. The Labute approximate surface area is 185 Å². The van der Waals surface area contributed by atoms with Crippen molar-refractivity contribution in [3.63, 3.8) is 0 Å². The molecule has 0 aliphatic carbocycles. The van der Waals surface area contributed by atoms with Crippen LogP contribution >= 0.6 is 0 Å². The zero-order valence-electron chi connectivity index (χ0n) is 17.2. The van der Waals surface area contributed by atoms with Gasteiger partial charge in [-0.05, 0) is 49.4 Å². The first-order chi connectivity index (χ1) is 15.5. The fourth-order valence-corrected chi connectivity index (χ4v) is 3.18. The van der Waals surface area contributed by atoms with Crippen molar-refractivity contribution in [2.75, 3.05) is 16.8 Å². The number of esters is 1. The number of carbonyl (C=O) groups excluding carboxylic acids is 4. The molecule has 1 N–H and O–H groups in total. The maximum Gasteiger partial charge on any atom is 0.416 e. The minimum absolute atomic E-state index is 0.0296. The molecule has 0 bridgehead atoms. The van der Waals surface area contributed by atoms with Gasteiger partial charge in [0.25, 0.3) is 5.91 Å². The van der Waals surface area contributed by atoms with Crippen LogP contribution in [0.5, 0.6) is 0 Å². The molecule has 33 heavy (non-hydrogen) atoms. The van der Waals surface area contributed by atoms with Crippen LogP contribution in [-0.4, -0.2) is 36.2 Å². The van der Waals surface area contributed by atoms with Gasteiger partial charge in [-0.3, -0.25) is 24.1 Å². The molecule has 0 saturated carbocycles. The Hall–Kier alpha value is -3.76. The van der Waals surface area contributed by atoms with Gasteiger partial charge < -0.3 is 10.1 Å². The molecule has 7 nitrogen and oxygen atoms in total. The molecule has 0 aromatic heterocycles. The molecule has 0 saturated heterocycles. The van der Waals surface area contributed by atoms with Gasteiger partial charge in [-0.15, -0.1) is 0 Å². The first kappa shape index (κ1) is 23.9. The van der Waals surface area contributed by atoms with Gasteiger partial charge in [0.2, 0.25) is 5.91 Å². The largest absolute Gasteiger partial charge is 0.453 e. The Morgan fingerprint density at radius 3 is 2.39 bits per heavy atom. The highest BCUT2D eigenvalue weighted by Gasteiger charge is 2.35. The molecule has 2 aromatic rings. The third kappa shape index (κ3) is 5.73. The number of fused-ring (bicyclic) bond motifs is 1. The fourth-order valence-electron chi connectivity index (χ4n) is 3.18.